The molecule has 43 heavy (non-hydrogen) atoms. The lowest BCUT2D eigenvalue weighted by Crippen LogP contribution is -2.44. The number of carboxylic acid groups (broad SMARTS) is 1. The van der Waals surface area contributed by atoms with Gasteiger partial charge in [-0.15, -0.1) is 0 Å². The van der Waals surface area contributed by atoms with E-state index >= 15 is 0 Å². The van der Waals surface area contributed by atoms with Gasteiger partial charge in [0.1, 0.15) is 5.75 Å². The number of benzene rings is 2. The minimum Gasteiger partial charge on any atom is -0.491 e. The second kappa shape index (κ2) is 13.7. The number of fused-ring (bicyclic) bond motifs is 2. The van der Waals surface area contributed by atoms with E-state index in [2.05, 4.69) is 43.0 Å². The minimum atomic E-state index is -0.998. The molecular weight excluding hydrogens is 564 g/mol. The summed E-state index contributed by atoms with van der Waals surface area (Å²) in [6.45, 7) is 6.85. The fourth-order valence-corrected chi connectivity index (χ4v) is 7.25. The molecule has 1 aliphatic carbocycles. The van der Waals surface area contributed by atoms with E-state index in [1.165, 1.54) is 11.1 Å². The molecule has 2 aromatic rings. The molecule has 6 atom stereocenters. The summed E-state index contributed by atoms with van der Waals surface area (Å²) in [5.74, 6) is -0.338. The molecule has 5 rings (SSSR count). The highest BCUT2D eigenvalue weighted by molar-refractivity contribution is 6.30. The van der Waals surface area contributed by atoms with E-state index in [4.69, 9.17) is 21.1 Å². The van der Waals surface area contributed by atoms with Gasteiger partial charge < -0.3 is 24.4 Å². The van der Waals surface area contributed by atoms with Gasteiger partial charge in [-0.2, -0.15) is 0 Å². The highest BCUT2D eigenvalue weighted by Gasteiger charge is 2.39. The maximum absolute atomic E-state index is 13.2. The molecule has 0 spiro atoms. The number of carbonyl (C=O) groups excluding carboxylic acids is 1. The molecule has 0 radical (unpaired) electrons. The molecule has 6 unspecified atom stereocenters. The molecule has 1 N–H and O–H groups in total. The summed E-state index contributed by atoms with van der Waals surface area (Å²) >= 11 is 6.41. The summed E-state index contributed by atoms with van der Waals surface area (Å²) in [7, 11) is 3.53. The lowest BCUT2D eigenvalue weighted by atomic mass is 9.70. The number of hydrogen-bond donors (Lipinski definition) is 1. The van der Waals surface area contributed by atoms with Crippen molar-refractivity contribution in [1.29, 1.82) is 0 Å². The predicted molar refractivity (Wildman–Crippen MR) is 170 cm³/mol. The van der Waals surface area contributed by atoms with Crippen LogP contribution < -0.4 is 9.64 Å². The zero-order valence-corrected chi connectivity index (χ0v) is 26.6. The Balaban J connectivity index is 1.57. The number of carbonyl (C=O) groups is 2. The Morgan fingerprint density at radius 1 is 1.12 bits per heavy atom. The maximum atomic E-state index is 13.2. The quantitative estimate of drug-likeness (QED) is 0.388. The standard InChI is InChI=1S/C35H45ClN2O5/c1-5-6-23-15-27(36)10-12-28(23)26-20-38-19-25-8-11-29(25)32(42-4)13-7-22(2)18-37(3)34(39)17-30(35(40)41)24-9-14-33(43-21-26)31(38)16-24/h7,9-10,12-16,22,25-26,29-30,32H,5-6,8,11,17-21H2,1-4H3,(H,40,41)/b13-7+. The van der Waals surface area contributed by atoms with Gasteiger partial charge in [-0.25, -0.2) is 0 Å². The van der Waals surface area contributed by atoms with Crippen LogP contribution in [0.5, 0.6) is 5.75 Å². The van der Waals surface area contributed by atoms with Gasteiger partial charge >= 0.3 is 5.97 Å². The van der Waals surface area contributed by atoms with E-state index in [0.29, 0.717) is 30.6 Å². The highest BCUT2D eigenvalue weighted by atomic mass is 35.5. The summed E-state index contributed by atoms with van der Waals surface area (Å²) in [5, 5.41) is 11.0. The van der Waals surface area contributed by atoms with E-state index in [1.54, 1.807) is 19.1 Å². The number of hydrogen-bond acceptors (Lipinski definition) is 5. The Bertz CT molecular complexity index is 1350. The Labute approximate surface area is 260 Å². The van der Waals surface area contributed by atoms with Crippen LogP contribution in [-0.2, 0) is 20.7 Å². The molecule has 2 aromatic carbocycles. The van der Waals surface area contributed by atoms with E-state index < -0.39 is 11.9 Å². The molecule has 1 fully saturated rings. The Kier molecular flexibility index (Phi) is 10.0. The molecular formula is C35H45ClN2O5. The lowest BCUT2D eigenvalue weighted by Gasteiger charge is -2.43. The Hall–Kier alpha value is -3.03. The molecule has 2 bridgehead atoms. The zero-order valence-electron chi connectivity index (χ0n) is 25.8. The lowest BCUT2D eigenvalue weighted by molar-refractivity contribution is -0.142. The van der Waals surface area contributed by atoms with E-state index in [9.17, 15) is 14.7 Å². The number of ether oxygens (including phenoxy) is 2. The van der Waals surface area contributed by atoms with Crippen LogP contribution in [0, 0.1) is 17.8 Å². The van der Waals surface area contributed by atoms with Crippen LogP contribution in [0.3, 0.4) is 0 Å². The average Bonchev–Trinajstić information content (AvgIpc) is 3.14. The summed E-state index contributed by atoms with van der Waals surface area (Å²) in [6.07, 6.45) is 8.38. The number of halogens is 1. The Morgan fingerprint density at radius 3 is 2.63 bits per heavy atom. The fraction of sp³-hybridized carbons (Fsp3) is 0.543. The number of amides is 1. The van der Waals surface area contributed by atoms with Gasteiger partial charge in [0.15, 0.2) is 0 Å². The van der Waals surface area contributed by atoms with E-state index in [1.807, 2.05) is 24.3 Å². The van der Waals surface area contributed by atoms with Crippen molar-refractivity contribution >= 4 is 29.2 Å². The van der Waals surface area contributed by atoms with Crippen molar-refractivity contribution in [2.45, 2.75) is 63.9 Å². The zero-order chi connectivity index (χ0) is 30.7. The van der Waals surface area contributed by atoms with Gasteiger partial charge in [0.2, 0.25) is 5.91 Å². The second-order valence-electron chi connectivity index (χ2n) is 12.7. The second-order valence-corrected chi connectivity index (χ2v) is 13.1. The molecule has 2 aliphatic heterocycles. The molecule has 1 amide bonds. The van der Waals surface area contributed by atoms with Crippen LogP contribution in [0.15, 0.2) is 48.6 Å². The van der Waals surface area contributed by atoms with Crippen molar-refractivity contribution in [3.05, 3.63) is 70.3 Å². The van der Waals surface area contributed by atoms with Crippen LogP contribution in [0.25, 0.3) is 0 Å². The molecule has 7 nitrogen and oxygen atoms in total. The van der Waals surface area contributed by atoms with Crippen molar-refractivity contribution < 1.29 is 24.2 Å². The number of rotatable bonds is 5. The first-order valence-electron chi connectivity index (χ1n) is 15.7. The average molecular weight is 609 g/mol. The van der Waals surface area contributed by atoms with Gasteiger partial charge in [-0.1, -0.05) is 56.2 Å². The van der Waals surface area contributed by atoms with E-state index in [0.717, 1.165) is 55.2 Å². The highest BCUT2D eigenvalue weighted by Crippen LogP contribution is 2.44. The molecule has 0 saturated heterocycles. The van der Waals surface area contributed by atoms with Crippen LogP contribution in [0.1, 0.15) is 68.1 Å². The topological polar surface area (TPSA) is 79.3 Å². The Morgan fingerprint density at radius 2 is 1.93 bits per heavy atom. The molecule has 232 valence electrons. The third-order valence-electron chi connectivity index (χ3n) is 9.59. The first kappa shape index (κ1) is 31.4. The number of aryl methyl sites for hydroxylation is 1. The molecule has 1 saturated carbocycles. The van der Waals surface area contributed by atoms with E-state index in [-0.39, 0.29) is 30.3 Å². The molecule has 2 heterocycles. The predicted octanol–water partition coefficient (Wildman–Crippen LogP) is 6.54. The van der Waals surface area contributed by atoms with Crippen molar-refractivity contribution in [3.8, 4) is 5.75 Å². The van der Waals surface area contributed by atoms with Crippen molar-refractivity contribution in [1.82, 2.24) is 4.90 Å². The van der Waals surface area contributed by atoms with Gasteiger partial charge in [0.05, 0.1) is 24.3 Å². The SMILES string of the molecule is CCCc1cc(Cl)ccc1C1COc2ccc3cc2N(C1)CC1CCC1C(OC)/C=C/C(C)CN(C)C(=O)CC3C(=O)O. The number of nitrogens with zero attached hydrogens (tertiary/aromatic N) is 2. The summed E-state index contributed by atoms with van der Waals surface area (Å²) in [5.41, 5.74) is 4.02. The van der Waals surface area contributed by atoms with Crippen molar-refractivity contribution in [3.63, 3.8) is 0 Å². The fourth-order valence-electron chi connectivity index (χ4n) is 7.05. The number of aliphatic carboxylic acids is 1. The van der Waals surface area contributed by atoms with Crippen LogP contribution in [-0.4, -0.2) is 68.4 Å². The smallest absolute Gasteiger partial charge is 0.311 e. The number of carboxylic acids is 1. The molecule has 0 aromatic heterocycles. The van der Waals surface area contributed by atoms with Crippen molar-refractivity contribution in [2.24, 2.45) is 17.8 Å². The van der Waals surface area contributed by atoms with Crippen molar-refractivity contribution in [2.75, 3.05) is 45.3 Å². The maximum Gasteiger partial charge on any atom is 0.311 e. The number of anilines is 1. The summed E-state index contributed by atoms with van der Waals surface area (Å²) in [6, 6.07) is 11.8. The largest absolute Gasteiger partial charge is 0.491 e. The number of methoxy groups -OCH3 is 1. The summed E-state index contributed by atoms with van der Waals surface area (Å²) in [4.78, 5) is 29.8. The first-order chi connectivity index (χ1) is 20.7. The van der Waals surface area contributed by atoms with Gasteiger partial charge in [-0.05, 0) is 78.0 Å². The van der Waals surface area contributed by atoms with Gasteiger partial charge in [-0.3, -0.25) is 9.59 Å². The third kappa shape index (κ3) is 7.04. The van der Waals surface area contributed by atoms with Crippen LogP contribution in [0.4, 0.5) is 5.69 Å². The summed E-state index contributed by atoms with van der Waals surface area (Å²) < 4.78 is 12.5. The van der Waals surface area contributed by atoms with Crippen LogP contribution >= 0.6 is 11.6 Å². The molecule has 8 heteroatoms. The minimum absolute atomic E-state index is 0.00348. The van der Waals surface area contributed by atoms with Crippen LogP contribution in [0.2, 0.25) is 5.02 Å². The first-order valence-corrected chi connectivity index (χ1v) is 16.0. The molecule has 3 aliphatic rings. The monoisotopic (exact) mass is 608 g/mol. The van der Waals surface area contributed by atoms with Gasteiger partial charge in [0, 0.05) is 51.2 Å². The normalized spacial score (nSPS) is 28.7. The third-order valence-corrected chi connectivity index (χ3v) is 9.83. The van der Waals surface area contributed by atoms with Gasteiger partial charge in [0.25, 0.3) is 0 Å².